The average molecular weight is 422 g/mol. The molecule has 1 aromatic heterocycles. The molecule has 122 valence electrons. The van der Waals surface area contributed by atoms with E-state index in [2.05, 4.69) is 20.9 Å². The molecule has 0 saturated carbocycles. The van der Waals surface area contributed by atoms with Gasteiger partial charge in [0.15, 0.2) is 0 Å². The second-order valence-electron chi connectivity index (χ2n) is 5.60. The number of halogens is 1. The summed E-state index contributed by atoms with van der Waals surface area (Å²) < 4.78 is 0. The summed E-state index contributed by atoms with van der Waals surface area (Å²) >= 11 is 0. The zero-order valence-corrected chi connectivity index (χ0v) is 15.5. The van der Waals surface area contributed by atoms with Crippen LogP contribution in [0, 0.1) is 0 Å². The van der Waals surface area contributed by atoms with Crippen molar-refractivity contribution in [3.63, 3.8) is 0 Å². The molecule has 1 fully saturated rings. The Labute approximate surface area is 154 Å². The monoisotopic (exact) mass is 422 g/mol. The van der Waals surface area contributed by atoms with Crippen LogP contribution in [0.2, 0.25) is 0 Å². The van der Waals surface area contributed by atoms with Crippen LogP contribution in [0.25, 0.3) is 0 Å². The minimum Gasteiger partial charge on any atom is -0.383 e. The van der Waals surface area contributed by atoms with E-state index in [1.807, 2.05) is 42.6 Å². The third-order valence-corrected chi connectivity index (χ3v) is 4.01. The lowest BCUT2D eigenvalue weighted by atomic mass is 10.1. The van der Waals surface area contributed by atoms with Crippen molar-refractivity contribution in [2.45, 2.75) is 25.8 Å². The Morgan fingerprint density at radius 1 is 1.04 bits per heavy atom. The topological polar surface area (TPSA) is 54.5 Å². The molecule has 3 rings (SSSR count). The molecule has 0 radical (unpaired) electrons. The zero-order valence-electron chi connectivity index (χ0n) is 13.2. The van der Waals surface area contributed by atoms with Crippen LogP contribution < -0.4 is 10.6 Å². The first kappa shape index (κ1) is 17.7. The number of nitrogens with zero attached hydrogens (tertiary/aromatic N) is 3. The summed E-state index contributed by atoms with van der Waals surface area (Å²) in [5, 5.41) is 0. The van der Waals surface area contributed by atoms with E-state index in [0.29, 0.717) is 12.4 Å². The Balaban J connectivity index is 0.00000192. The Morgan fingerprint density at radius 3 is 2.52 bits per heavy atom. The van der Waals surface area contributed by atoms with Gasteiger partial charge < -0.3 is 10.6 Å². The Morgan fingerprint density at radius 2 is 1.78 bits per heavy atom. The maximum absolute atomic E-state index is 6.09. The van der Waals surface area contributed by atoms with Crippen LogP contribution in [-0.4, -0.2) is 23.9 Å². The van der Waals surface area contributed by atoms with Gasteiger partial charge in [-0.3, -0.25) is 4.99 Å². The summed E-state index contributed by atoms with van der Waals surface area (Å²) in [7, 11) is 0. The minimum atomic E-state index is 0. The molecule has 0 unspecified atom stereocenters. The number of anilines is 1. The number of pyridine rings is 1. The number of nitrogens with two attached hydrogens (primary N) is 1. The zero-order chi connectivity index (χ0) is 15.2. The van der Waals surface area contributed by atoms with Gasteiger partial charge in [-0.1, -0.05) is 36.4 Å². The van der Waals surface area contributed by atoms with Gasteiger partial charge in [-0.15, -0.1) is 24.0 Å². The van der Waals surface area contributed by atoms with Crippen LogP contribution in [0.4, 0.5) is 5.82 Å². The summed E-state index contributed by atoms with van der Waals surface area (Å²) in [5.41, 5.74) is 8.19. The molecule has 1 aliphatic heterocycles. The lowest BCUT2D eigenvalue weighted by Crippen LogP contribution is -2.31. The molecule has 5 heteroatoms. The average Bonchev–Trinajstić information content (AvgIpc) is 2.61. The van der Waals surface area contributed by atoms with Crippen molar-refractivity contribution >= 4 is 35.6 Å². The fourth-order valence-electron chi connectivity index (χ4n) is 2.81. The molecule has 1 aliphatic rings. The van der Waals surface area contributed by atoms with Gasteiger partial charge in [-0.25, -0.2) is 4.98 Å². The Hall–Kier alpha value is -1.63. The second kappa shape index (κ2) is 8.86. The molecule has 0 aliphatic carbocycles. The molecule has 2 N–H and O–H groups in total. The van der Waals surface area contributed by atoms with E-state index in [4.69, 9.17) is 5.73 Å². The molecule has 2 aromatic rings. The summed E-state index contributed by atoms with van der Waals surface area (Å²) in [6, 6.07) is 13.9. The molecule has 1 saturated heterocycles. The summed E-state index contributed by atoms with van der Waals surface area (Å²) in [6.07, 6.45) is 5.66. The van der Waals surface area contributed by atoms with Crippen molar-refractivity contribution in [3.05, 3.63) is 59.8 Å². The van der Waals surface area contributed by atoms with Gasteiger partial charge in [0, 0.05) is 30.4 Å². The second-order valence-corrected chi connectivity index (χ2v) is 5.60. The lowest BCUT2D eigenvalue weighted by molar-refractivity contribution is 0.571. The highest BCUT2D eigenvalue weighted by molar-refractivity contribution is 14.0. The van der Waals surface area contributed by atoms with Crippen LogP contribution in [0.5, 0.6) is 0 Å². The van der Waals surface area contributed by atoms with E-state index in [0.717, 1.165) is 30.0 Å². The number of amidine groups is 1. The van der Waals surface area contributed by atoms with E-state index in [1.165, 1.54) is 19.3 Å². The normalized spacial score (nSPS) is 15.1. The third kappa shape index (κ3) is 4.67. The number of hydrogen-bond acceptors (Lipinski definition) is 3. The number of rotatable bonds is 4. The van der Waals surface area contributed by atoms with Gasteiger partial charge in [0.25, 0.3) is 0 Å². The maximum atomic E-state index is 6.09. The van der Waals surface area contributed by atoms with Crippen LogP contribution in [0.1, 0.15) is 30.4 Å². The van der Waals surface area contributed by atoms with Crippen LogP contribution in [-0.2, 0) is 6.54 Å². The van der Waals surface area contributed by atoms with Crippen molar-refractivity contribution in [2.24, 2.45) is 10.7 Å². The van der Waals surface area contributed by atoms with Crippen LogP contribution >= 0.6 is 24.0 Å². The van der Waals surface area contributed by atoms with Crippen LogP contribution in [0.3, 0.4) is 0 Å². The van der Waals surface area contributed by atoms with Crippen molar-refractivity contribution in [3.8, 4) is 0 Å². The van der Waals surface area contributed by atoms with Crippen molar-refractivity contribution < 1.29 is 0 Å². The first-order valence-electron chi connectivity index (χ1n) is 7.89. The van der Waals surface area contributed by atoms with E-state index < -0.39 is 0 Å². The van der Waals surface area contributed by atoms with Gasteiger partial charge in [-0.2, -0.15) is 0 Å². The molecular weight excluding hydrogens is 399 g/mol. The largest absolute Gasteiger partial charge is 0.383 e. The third-order valence-electron chi connectivity index (χ3n) is 4.01. The fraction of sp³-hybridized carbons (Fsp3) is 0.333. The standard InChI is InChI=1S/C18H22N4.HI/c19-17(15-8-3-1-4-9-15)21-14-16-10-7-11-20-18(16)22-12-5-2-6-13-22;/h1,3-4,7-11H,2,5-6,12-14H2,(H2,19,21);1H. The molecule has 0 spiro atoms. The van der Waals surface area contributed by atoms with Gasteiger partial charge in [0.1, 0.15) is 11.7 Å². The predicted molar refractivity (Wildman–Crippen MR) is 107 cm³/mol. The first-order valence-corrected chi connectivity index (χ1v) is 7.89. The molecule has 4 nitrogen and oxygen atoms in total. The first-order chi connectivity index (χ1) is 10.8. The van der Waals surface area contributed by atoms with E-state index >= 15 is 0 Å². The lowest BCUT2D eigenvalue weighted by Gasteiger charge is -2.29. The molecular formula is C18H23IN4. The summed E-state index contributed by atoms with van der Waals surface area (Å²) in [4.78, 5) is 11.5. The van der Waals surface area contributed by atoms with E-state index in [-0.39, 0.29) is 24.0 Å². The van der Waals surface area contributed by atoms with Gasteiger partial charge in [-0.05, 0) is 25.3 Å². The number of aliphatic imine (C=N–C) groups is 1. The smallest absolute Gasteiger partial charge is 0.133 e. The quantitative estimate of drug-likeness (QED) is 0.466. The van der Waals surface area contributed by atoms with Gasteiger partial charge >= 0.3 is 0 Å². The minimum absolute atomic E-state index is 0. The van der Waals surface area contributed by atoms with Gasteiger partial charge in [0.05, 0.1) is 6.54 Å². The van der Waals surface area contributed by atoms with E-state index in [9.17, 15) is 0 Å². The molecule has 0 atom stereocenters. The van der Waals surface area contributed by atoms with Gasteiger partial charge in [0.2, 0.25) is 0 Å². The number of hydrogen-bond donors (Lipinski definition) is 1. The highest BCUT2D eigenvalue weighted by Gasteiger charge is 2.15. The Bertz CT molecular complexity index is 636. The summed E-state index contributed by atoms with van der Waals surface area (Å²) in [5.74, 6) is 1.64. The predicted octanol–water partition coefficient (Wildman–Crippen LogP) is 3.60. The van der Waals surface area contributed by atoms with Crippen molar-refractivity contribution in [1.29, 1.82) is 0 Å². The molecule has 0 bridgehead atoms. The maximum Gasteiger partial charge on any atom is 0.133 e. The van der Waals surface area contributed by atoms with Crippen LogP contribution in [0.15, 0.2) is 53.7 Å². The summed E-state index contributed by atoms with van der Waals surface area (Å²) in [6.45, 7) is 2.74. The molecule has 0 amide bonds. The highest BCUT2D eigenvalue weighted by Crippen LogP contribution is 2.22. The highest BCUT2D eigenvalue weighted by atomic mass is 127. The fourth-order valence-corrected chi connectivity index (χ4v) is 2.81. The molecule has 2 heterocycles. The number of aromatic nitrogens is 1. The van der Waals surface area contributed by atoms with Crippen molar-refractivity contribution in [1.82, 2.24) is 4.98 Å². The Kier molecular flexibility index (Phi) is 6.83. The number of piperidine rings is 1. The molecule has 23 heavy (non-hydrogen) atoms. The SMILES string of the molecule is I.NC(=NCc1cccnc1N1CCCCC1)c1ccccc1. The van der Waals surface area contributed by atoms with E-state index in [1.54, 1.807) is 0 Å². The number of benzene rings is 1. The van der Waals surface area contributed by atoms with Crippen molar-refractivity contribution in [2.75, 3.05) is 18.0 Å². The molecule has 1 aromatic carbocycles.